The van der Waals surface area contributed by atoms with Gasteiger partial charge in [0.1, 0.15) is 0 Å². The number of hydrogen-bond donors (Lipinski definition) is 2. The van der Waals surface area contributed by atoms with Crippen molar-refractivity contribution in [2.45, 2.75) is 37.7 Å². The highest BCUT2D eigenvalue weighted by Gasteiger charge is 2.21. The minimum Gasteiger partial charge on any atom is -0.481 e. The minimum atomic E-state index is -0.893. The van der Waals surface area contributed by atoms with E-state index >= 15 is 0 Å². The van der Waals surface area contributed by atoms with Crippen LogP contribution in [0.5, 0.6) is 0 Å². The van der Waals surface area contributed by atoms with Gasteiger partial charge in [-0.3, -0.25) is 9.59 Å². The summed E-state index contributed by atoms with van der Waals surface area (Å²) >= 11 is 0. The van der Waals surface area contributed by atoms with Crippen LogP contribution in [0.3, 0.4) is 0 Å². The molecule has 0 saturated carbocycles. The first-order valence-corrected chi connectivity index (χ1v) is 7.30. The van der Waals surface area contributed by atoms with Crippen LogP contribution >= 0.6 is 0 Å². The van der Waals surface area contributed by atoms with Crippen LogP contribution in [0.25, 0.3) is 0 Å². The maximum absolute atomic E-state index is 12.0. The molecule has 0 bridgehead atoms. The van der Waals surface area contributed by atoms with Crippen molar-refractivity contribution < 1.29 is 19.4 Å². The minimum absolute atomic E-state index is 0.0443. The first kappa shape index (κ1) is 15.5. The highest BCUT2D eigenvalue weighted by atomic mass is 16.5. The lowest BCUT2D eigenvalue weighted by Crippen LogP contribution is -2.32. The van der Waals surface area contributed by atoms with Crippen molar-refractivity contribution in [1.82, 2.24) is 5.32 Å². The van der Waals surface area contributed by atoms with Crippen LogP contribution in [0.2, 0.25) is 0 Å². The quantitative estimate of drug-likeness (QED) is 0.805. The summed E-state index contributed by atoms with van der Waals surface area (Å²) in [5.74, 6) is -1.32. The topological polar surface area (TPSA) is 75.6 Å². The van der Waals surface area contributed by atoms with Crippen LogP contribution in [0.4, 0.5) is 0 Å². The van der Waals surface area contributed by atoms with Gasteiger partial charge in [0.25, 0.3) is 0 Å². The summed E-state index contributed by atoms with van der Waals surface area (Å²) in [6.45, 7) is 1.26. The lowest BCUT2D eigenvalue weighted by Gasteiger charge is -2.16. The van der Waals surface area contributed by atoms with Crippen molar-refractivity contribution >= 4 is 11.9 Å². The molecule has 0 aromatic heterocycles. The molecule has 0 unspecified atom stereocenters. The first-order chi connectivity index (χ1) is 10.1. The molecule has 1 aliphatic heterocycles. The second-order valence-electron chi connectivity index (χ2n) is 5.35. The zero-order valence-electron chi connectivity index (χ0n) is 12.0. The molecule has 2 N–H and O–H groups in total. The maximum Gasteiger partial charge on any atom is 0.303 e. The third-order valence-corrected chi connectivity index (χ3v) is 3.67. The van der Waals surface area contributed by atoms with E-state index < -0.39 is 5.97 Å². The fourth-order valence-electron chi connectivity index (χ4n) is 2.57. The number of carboxylic acid groups (broad SMARTS) is 1. The number of carboxylic acids is 1. The SMILES string of the molecule is O=C(O)C[C@@H](CC(=O)NC[C@@H]1CCCO1)c1ccccc1. The van der Waals surface area contributed by atoms with Gasteiger partial charge in [-0.25, -0.2) is 0 Å². The summed E-state index contributed by atoms with van der Waals surface area (Å²) in [5, 5.41) is 11.9. The molecule has 1 saturated heterocycles. The first-order valence-electron chi connectivity index (χ1n) is 7.30. The summed E-state index contributed by atoms with van der Waals surface area (Å²) in [6.07, 6.45) is 2.24. The van der Waals surface area contributed by atoms with E-state index in [1.807, 2.05) is 30.3 Å². The largest absolute Gasteiger partial charge is 0.481 e. The third-order valence-electron chi connectivity index (χ3n) is 3.67. The molecule has 0 spiro atoms. The van der Waals surface area contributed by atoms with Gasteiger partial charge in [-0.15, -0.1) is 0 Å². The van der Waals surface area contributed by atoms with Crippen LogP contribution in [-0.2, 0) is 14.3 Å². The Morgan fingerprint density at radius 2 is 2.05 bits per heavy atom. The summed E-state index contributed by atoms with van der Waals surface area (Å²) in [6, 6.07) is 9.31. The summed E-state index contributed by atoms with van der Waals surface area (Å²) in [5.41, 5.74) is 0.882. The van der Waals surface area contributed by atoms with Crippen molar-refractivity contribution in [2.75, 3.05) is 13.2 Å². The smallest absolute Gasteiger partial charge is 0.303 e. The molecule has 1 aliphatic rings. The highest BCUT2D eigenvalue weighted by molar-refractivity contribution is 5.78. The van der Waals surface area contributed by atoms with Crippen LogP contribution in [0.1, 0.15) is 37.2 Å². The Morgan fingerprint density at radius 3 is 2.67 bits per heavy atom. The fraction of sp³-hybridized carbons (Fsp3) is 0.500. The molecule has 0 radical (unpaired) electrons. The predicted molar refractivity (Wildman–Crippen MR) is 78.0 cm³/mol. The Labute approximate surface area is 124 Å². The van der Waals surface area contributed by atoms with Crippen LogP contribution < -0.4 is 5.32 Å². The molecule has 0 aliphatic carbocycles. The number of hydrogen-bond acceptors (Lipinski definition) is 3. The number of carbonyl (C=O) groups excluding carboxylic acids is 1. The molecule has 1 aromatic rings. The Hall–Kier alpha value is -1.88. The molecule has 1 amide bonds. The van der Waals surface area contributed by atoms with Crippen molar-refractivity contribution in [3.8, 4) is 0 Å². The number of benzene rings is 1. The van der Waals surface area contributed by atoms with Crippen molar-refractivity contribution in [2.24, 2.45) is 0 Å². The Balaban J connectivity index is 1.88. The molecule has 1 aromatic carbocycles. The molecule has 114 valence electrons. The zero-order valence-corrected chi connectivity index (χ0v) is 12.0. The molecule has 21 heavy (non-hydrogen) atoms. The Kier molecular flexibility index (Phi) is 5.75. The van der Waals surface area contributed by atoms with Gasteiger partial charge in [0.05, 0.1) is 12.5 Å². The number of aliphatic carboxylic acids is 1. The average molecular weight is 291 g/mol. The van der Waals surface area contributed by atoms with Crippen molar-refractivity contribution in [3.63, 3.8) is 0 Å². The van der Waals surface area contributed by atoms with E-state index in [0.717, 1.165) is 25.0 Å². The van der Waals surface area contributed by atoms with Gasteiger partial charge >= 0.3 is 5.97 Å². The molecule has 5 heteroatoms. The summed E-state index contributed by atoms with van der Waals surface area (Å²) < 4.78 is 5.45. The summed E-state index contributed by atoms with van der Waals surface area (Å²) in [4.78, 5) is 23.0. The van der Waals surface area contributed by atoms with Gasteiger partial charge < -0.3 is 15.2 Å². The monoisotopic (exact) mass is 291 g/mol. The van der Waals surface area contributed by atoms with E-state index in [1.54, 1.807) is 0 Å². The van der Waals surface area contributed by atoms with E-state index in [1.165, 1.54) is 0 Å². The van der Waals surface area contributed by atoms with Gasteiger partial charge in [-0.2, -0.15) is 0 Å². The van der Waals surface area contributed by atoms with Crippen LogP contribution in [0.15, 0.2) is 30.3 Å². The Morgan fingerprint density at radius 1 is 1.29 bits per heavy atom. The van der Waals surface area contributed by atoms with Gasteiger partial charge in [0.15, 0.2) is 0 Å². The molecule has 2 rings (SSSR count). The second-order valence-corrected chi connectivity index (χ2v) is 5.35. The van der Waals surface area contributed by atoms with E-state index in [2.05, 4.69) is 5.32 Å². The van der Waals surface area contributed by atoms with Gasteiger partial charge in [0, 0.05) is 25.5 Å². The number of nitrogens with one attached hydrogen (secondary N) is 1. The Bertz CT molecular complexity index is 468. The summed E-state index contributed by atoms with van der Waals surface area (Å²) in [7, 11) is 0. The van der Waals surface area contributed by atoms with Gasteiger partial charge in [-0.05, 0) is 18.4 Å². The van der Waals surface area contributed by atoms with Crippen molar-refractivity contribution in [1.29, 1.82) is 0 Å². The second kappa shape index (κ2) is 7.78. The zero-order chi connectivity index (χ0) is 15.1. The number of amides is 1. The van der Waals surface area contributed by atoms with E-state index in [0.29, 0.717) is 6.54 Å². The molecule has 1 fully saturated rings. The normalized spacial score (nSPS) is 19.1. The molecule has 5 nitrogen and oxygen atoms in total. The van der Waals surface area contributed by atoms with E-state index in [4.69, 9.17) is 9.84 Å². The number of carbonyl (C=O) groups is 2. The average Bonchev–Trinajstić information content (AvgIpc) is 2.98. The third kappa shape index (κ3) is 5.19. The molecular weight excluding hydrogens is 270 g/mol. The molecule has 1 heterocycles. The number of ether oxygens (including phenoxy) is 1. The highest BCUT2D eigenvalue weighted by Crippen LogP contribution is 2.23. The lowest BCUT2D eigenvalue weighted by molar-refractivity contribution is -0.137. The molecular formula is C16H21NO4. The predicted octanol–water partition coefficient (Wildman–Crippen LogP) is 1.93. The van der Waals surface area contributed by atoms with E-state index in [-0.39, 0.29) is 30.8 Å². The lowest BCUT2D eigenvalue weighted by atomic mass is 9.92. The van der Waals surface area contributed by atoms with E-state index in [9.17, 15) is 9.59 Å². The maximum atomic E-state index is 12.0. The van der Waals surface area contributed by atoms with Crippen LogP contribution in [0, 0.1) is 0 Å². The number of rotatable bonds is 7. The van der Waals surface area contributed by atoms with Gasteiger partial charge in [-0.1, -0.05) is 30.3 Å². The standard InChI is InChI=1S/C16H21NO4/c18-15(17-11-14-7-4-8-21-14)9-13(10-16(19)20)12-5-2-1-3-6-12/h1-3,5-6,13-14H,4,7-11H2,(H,17,18)(H,19,20)/t13-,14+/m1/s1. The molecule has 2 atom stereocenters. The van der Waals surface area contributed by atoms with Crippen molar-refractivity contribution in [3.05, 3.63) is 35.9 Å². The fourth-order valence-corrected chi connectivity index (χ4v) is 2.57. The van der Waals surface area contributed by atoms with Gasteiger partial charge in [0.2, 0.25) is 5.91 Å². The van der Waals surface area contributed by atoms with Crippen LogP contribution in [-0.4, -0.2) is 36.2 Å².